The Bertz CT molecular complexity index is 586. The standard InChI is InChI=1S/C26H42N2.C2H6/c1-5-9-11-23(7-3)21-27-17-13-25(14-18-27)26-15-19-28(20-16-26)22-24(8-4)12-10-6-2;1-2/h13-20,23-24H,5-12,21-22H2,1-4H3;1-2H3/q+2;. The summed E-state index contributed by atoms with van der Waals surface area (Å²) in [6, 6.07) is 9.06. The Morgan fingerprint density at radius 3 is 1.20 bits per heavy atom. The zero-order valence-corrected chi connectivity index (χ0v) is 20.7. The van der Waals surface area contributed by atoms with Crippen molar-refractivity contribution in [3.05, 3.63) is 49.1 Å². The van der Waals surface area contributed by atoms with Gasteiger partial charge in [0.1, 0.15) is 0 Å². The molecule has 2 aromatic heterocycles. The predicted octanol–water partition coefficient (Wildman–Crippen LogP) is 7.39. The van der Waals surface area contributed by atoms with Crippen molar-refractivity contribution in [2.24, 2.45) is 11.8 Å². The molecule has 0 N–H and O–H groups in total. The van der Waals surface area contributed by atoms with Gasteiger partial charge in [0.25, 0.3) is 0 Å². The van der Waals surface area contributed by atoms with E-state index in [4.69, 9.17) is 0 Å². The second kappa shape index (κ2) is 16.1. The smallest absolute Gasteiger partial charge is 0.169 e. The molecule has 2 heterocycles. The van der Waals surface area contributed by atoms with Crippen LogP contribution in [0.15, 0.2) is 49.1 Å². The van der Waals surface area contributed by atoms with Crippen LogP contribution in [0.3, 0.4) is 0 Å². The van der Waals surface area contributed by atoms with E-state index < -0.39 is 0 Å². The van der Waals surface area contributed by atoms with E-state index in [1.165, 1.54) is 62.5 Å². The Kier molecular flexibility index (Phi) is 14.1. The highest BCUT2D eigenvalue weighted by Gasteiger charge is 2.14. The summed E-state index contributed by atoms with van der Waals surface area (Å²) >= 11 is 0. The van der Waals surface area contributed by atoms with Crippen molar-refractivity contribution in [3.8, 4) is 11.1 Å². The molecule has 2 heteroatoms. The number of pyridine rings is 2. The number of aromatic nitrogens is 2. The van der Waals surface area contributed by atoms with Crippen molar-refractivity contribution in [1.29, 1.82) is 0 Å². The van der Waals surface area contributed by atoms with Crippen molar-refractivity contribution in [2.75, 3.05) is 0 Å². The van der Waals surface area contributed by atoms with E-state index in [0.717, 1.165) is 24.9 Å². The van der Waals surface area contributed by atoms with Crippen LogP contribution < -0.4 is 9.13 Å². The van der Waals surface area contributed by atoms with E-state index in [0.29, 0.717) is 0 Å². The lowest BCUT2D eigenvalue weighted by Crippen LogP contribution is -2.37. The van der Waals surface area contributed by atoms with Crippen LogP contribution in [0.25, 0.3) is 11.1 Å². The largest absolute Gasteiger partial charge is 0.205 e. The van der Waals surface area contributed by atoms with Gasteiger partial charge in [-0.3, -0.25) is 0 Å². The lowest BCUT2D eigenvalue weighted by molar-refractivity contribution is -0.703. The molecule has 0 radical (unpaired) electrons. The van der Waals surface area contributed by atoms with Crippen LogP contribution in [-0.4, -0.2) is 0 Å². The third-order valence-electron chi connectivity index (χ3n) is 6.14. The Morgan fingerprint density at radius 2 is 0.933 bits per heavy atom. The molecule has 0 saturated carbocycles. The molecule has 0 saturated heterocycles. The molecule has 0 aliphatic carbocycles. The summed E-state index contributed by atoms with van der Waals surface area (Å²) in [5, 5.41) is 0. The molecule has 2 nitrogen and oxygen atoms in total. The molecule has 2 rings (SSSR count). The number of hydrogen-bond acceptors (Lipinski definition) is 0. The molecular weight excluding hydrogens is 364 g/mol. The number of nitrogens with zero attached hydrogens (tertiary/aromatic N) is 2. The summed E-state index contributed by atoms with van der Waals surface area (Å²) in [6.07, 6.45) is 19.5. The molecule has 0 amide bonds. The fourth-order valence-corrected chi connectivity index (χ4v) is 3.97. The Morgan fingerprint density at radius 1 is 0.600 bits per heavy atom. The first-order chi connectivity index (χ1) is 14.7. The second-order valence-electron chi connectivity index (χ2n) is 8.40. The lowest BCUT2D eigenvalue weighted by Gasteiger charge is -2.11. The second-order valence-corrected chi connectivity index (χ2v) is 8.40. The minimum absolute atomic E-state index is 0.797. The maximum absolute atomic E-state index is 2.36. The fourth-order valence-electron chi connectivity index (χ4n) is 3.97. The molecule has 2 atom stereocenters. The van der Waals surface area contributed by atoms with Gasteiger partial charge in [0.2, 0.25) is 0 Å². The van der Waals surface area contributed by atoms with E-state index in [-0.39, 0.29) is 0 Å². The number of rotatable bonds is 13. The molecule has 0 bridgehead atoms. The maximum atomic E-state index is 2.36. The van der Waals surface area contributed by atoms with E-state index in [2.05, 4.69) is 85.9 Å². The average molecular weight is 413 g/mol. The van der Waals surface area contributed by atoms with Gasteiger partial charge in [0, 0.05) is 36.1 Å². The summed E-state index contributed by atoms with van der Waals surface area (Å²) in [6.45, 7) is 15.5. The van der Waals surface area contributed by atoms with E-state index >= 15 is 0 Å². The van der Waals surface area contributed by atoms with Gasteiger partial charge in [-0.1, -0.05) is 67.2 Å². The Balaban J connectivity index is 0.00000218. The van der Waals surface area contributed by atoms with E-state index in [9.17, 15) is 0 Å². The summed E-state index contributed by atoms with van der Waals surface area (Å²) in [4.78, 5) is 0. The quantitative estimate of drug-likeness (QED) is 0.303. The first-order valence-corrected chi connectivity index (χ1v) is 12.7. The van der Waals surface area contributed by atoms with Gasteiger partial charge in [0.15, 0.2) is 37.9 Å². The topological polar surface area (TPSA) is 7.76 Å². The minimum atomic E-state index is 0.797. The zero-order valence-electron chi connectivity index (χ0n) is 20.7. The van der Waals surface area contributed by atoms with Gasteiger partial charge >= 0.3 is 0 Å². The fraction of sp³-hybridized carbons (Fsp3) is 0.643. The molecule has 0 aliphatic heterocycles. The van der Waals surface area contributed by atoms with Crippen molar-refractivity contribution in [2.45, 2.75) is 106 Å². The van der Waals surface area contributed by atoms with Gasteiger partial charge in [0.05, 0.1) is 0 Å². The number of hydrogen-bond donors (Lipinski definition) is 0. The highest BCUT2D eigenvalue weighted by atomic mass is 14.9. The van der Waals surface area contributed by atoms with Crippen LogP contribution in [0, 0.1) is 11.8 Å². The highest BCUT2D eigenvalue weighted by Crippen LogP contribution is 2.18. The Hall–Kier alpha value is -1.70. The van der Waals surface area contributed by atoms with Crippen LogP contribution in [0.2, 0.25) is 0 Å². The van der Waals surface area contributed by atoms with Crippen molar-refractivity contribution in [3.63, 3.8) is 0 Å². The van der Waals surface area contributed by atoms with Gasteiger partial charge in [-0.2, -0.15) is 0 Å². The normalized spacial score (nSPS) is 12.7. The molecule has 2 aromatic rings. The van der Waals surface area contributed by atoms with Gasteiger partial charge < -0.3 is 0 Å². The highest BCUT2D eigenvalue weighted by molar-refractivity contribution is 5.60. The van der Waals surface area contributed by atoms with Crippen LogP contribution >= 0.6 is 0 Å². The minimum Gasteiger partial charge on any atom is -0.205 e. The van der Waals surface area contributed by atoms with Crippen molar-refractivity contribution in [1.82, 2.24) is 0 Å². The van der Waals surface area contributed by atoms with Gasteiger partial charge in [-0.05, 0) is 36.8 Å². The number of unbranched alkanes of at least 4 members (excludes halogenated alkanes) is 2. The van der Waals surface area contributed by atoms with Crippen LogP contribution in [0.1, 0.15) is 92.9 Å². The summed E-state index contributed by atoms with van der Waals surface area (Å²) in [7, 11) is 0. The van der Waals surface area contributed by atoms with E-state index in [1.54, 1.807) is 0 Å². The molecule has 0 aliphatic rings. The maximum Gasteiger partial charge on any atom is 0.169 e. The lowest BCUT2D eigenvalue weighted by atomic mass is 9.99. The molecule has 168 valence electrons. The zero-order chi connectivity index (χ0) is 22.2. The SMILES string of the molecule is CC.CCCCC(CC)C[n+]1ccc(-c2cc[n+](CC(CC)CCCC)cc2)cc1. The van der Waals surface area contributed by atoms with Crippen molar-refractivity contribution < 1.29 is 9.13 Å². The van der Waals surface area contributed by atoms with E-state index in [1.807, 2.05) is 13.8 Å². The third kappa shape index (κ3) is 9.41. The first-order valence-electron chi connectivity index (χ1n) is 12.7. The van der Waals surface area contributed by atoms with Crippen LogP contribution in [0.5, 0.6) is 0 Å². The Labute approximate surface area is 187 Å². The summed E-state index contributed by atoms with van der Waals surface area (Å²) < 4.78 is 4.71. The molecule has 0 aromatic carbocycles. The molecular formula is C28H48N2+2. The van der Waals surface area contributed by atoms with Gasteiger partial charge in [-0.25, -0.2) is 9.13 Å². The summed E-state index contributed by atoms with van der Waals surface area (Å²) in [5.41, 5.74) is 2.62. The molecule has 2 unspecified atom stereocenters. The van der Waals surface area contributed by atoms with Crippen LogP contribution in [-0.2, 0) is 13.1 Å². The molecule has 0 fully saturated rings. The van der Waals surface area contributed by atoms with Crippen LogP contribution in [0.4, 0.5) is 0 Å². The summed E-state index contributed by atoms with van der Waals surface area (Å²) in [5.74, 6) is 1.59. The average Bonchev–Trinajstić information content (AvgIpc) is 2.81. The molecule has 0 spiro atoms. The van der Waals surface area contributed by atoms with Gasteiger partial charge in [-0.15, -0.1) is 0 Å². The third-order valence-corrected chi connectivity index (χ3v) is 6.14. The first kappa shape index (κ1) is 26.3. The van der Waals surface area contributed by atoms with Crippen molar-refractivity contribution >= 4 is 0 Å². The monoisotopic (exact) mass is 412 g/mol. The predicted molar refractivity (Wildman–Crippen MR) is 130 cm³/mol. The molecule has 30 heavy (non-hydrogen) atoms.